The predicted octanol–water partition coefficient (Wildman–Crippen LogP) is -0.668. The summed E-state index contributed by atoms with van der Waals surface area (Å²) in [6, 6.07) is 0. The van der Waals surface area contributed by atoms with Gasteiger partial charge in [-0.2, -0.15) is 0 Å². The molecule has 84 valence electrons. The maximum Gasteiger partial charge on any atom is 0.304 e. The molecule has 0 radical (unpaired) electrons. The third-order valence-electron chi connectivity index (χ3n) is 1.74. The zero-order chi connectivity index (χ0) is 11.5. The number of H-pyrrole nitrogens is 1. The van der Waals surface area contributed by atoms with Gasteiger partial charge in [-0.25, -0.2) is 4.63 Å². The average molecular weight is 241 g/mol. The van der Waals surface area contributed by atoms with Gasteiger partial charge in [-0.3, -0.25) is 9.59 Å². The molecule has 0 atom stereocenters. The fraction of sp³-hybridized carbons (Fsp3) is 0.143. The van der Waals surface area contributed by atoms with Gasteiger partial charge >= 0.3 is 4.87 Å². The summed E-state index contributed by atoms with van der Waals surface area (Å²) in [7, 11) is 0. The molecule has 2 rings (SSSR count). The average Bonchev–Trinajstić information content (AvgIpc) is 2.84. The first kappa shape index (κ1) is 10.4. The highest BCUT2D eigenvalue weighted by Gasteiger charge is 2.15. The number of carbonyl (C=O) groups is 1. The molecule has 0 aliphatic heterocycles. The van der Waals surface area contributed by atoms with Crippen molar-refractivity contribution in [2.45, 2.75) is 6.54 Å². The molecule has 0 saturated heterocycles. The van der Waals surface area contributed by atoms with Gasteiger partial charge in [0.15, 0.2) is 0 Å². The quantitative estimate of drug-likeness (QED) is 0.654. The molecule has 16 heavy (non-hydrogen) atoms. The number of carbonyl (C=O) groups excluding carboxylic acids is 1. The van der Waals surface area contributed by atoms with E-state index in [9.17, 15) is 9.59 Å². The lowest BCUT2D eigenvalue weighted by molar-refractivity contribution is 0.0941. The maximum atomic E-state index is 11.5. The van der Waals surface area contributed by atoms with E-state index in [2.05, 4.69) is 25.2 Å². The van der Waals surface area contributed by atoms with Gasteiger partial charge in [0.05, 0.1) is 6.54 Å². The lowest BCUT2D eigenvalue weighted by Gasteiger charge is -1.99. The van der Waals surface area contributed by atoms with Crippen molar-refractivity contribution in [2.75, 3.05) is 5.73 Å². The van der Waals surface area contributed by atoms with Crippen molar-refractivity contribution in [3.8, 4) is 0 Å². The molecule has 2 aromatic rings. The second-order valence-corrected chi connectivity index (χ2v) is 3.70. The van der Waals surface area contributed by atoms with Crippen LogP contribution >= 0.6 is 11.3 Å². The van der Waals surface area contributed by atoms with Gasteiger partial charge in [0.1, 0.15) is 0 Å². The number of nitrogen functional groups attached to an aromatic ring is 1. The number of nitrogens with two attached hydrogens (primary N) is 1. The lowest BCUT2D eigenvalue weighted by atomic mass is 10.4. The Hall–Kier alpha value is -2.16. The SMILES string of the molecule is Nc1nonc1C(=O)NCc1csc(=O)[nH]1. The van der Waals surface area contributed by atoms with E-state index in [1.165, 1.54) is 0 Å². The molecule has 0 saturated carbocycles. The van der Waals surface area contributed by atoms with Crippen LogP contribution < -0.4 is 15.9 Å². The van der Waals surface area contributed by atoms with E-state index in [0.29, 0.717) is 5.69 Å². The highest BCUT2D eigenvalue weighted by atomic mass is 32.1. The summed E-state index contributed by atoms with van der Waals surface area (Å²) in [6.45, 7) is 0.184. The van der Waals surface area contributed by atoms with Crippen LogP contribution in [0.3, 0.4) is 0 Å². The van der Waals surface area contributed by atoms with Crippen LogP contribution in [-0.2, 0) is 6.54 Å². The molecular formula is C7H7N5O3S. The number of hydrogen-bond donors (Lipinski definition) is 3. The van der Waals surface area contributed by atoms with E-state index in [4.69, 9.17) is 5.73 Å². The second kappa shape index (κ2) is 4.14. The van der Waals surface area contributed by atoms with Gasteiger partial charge in [-0.1, -0.05) is 11.3 Å². The summed E-state index contributed by atoms with van der Waals surface area (Å²) in [5.41, 5.74) is 5.87. The summed E-state index contributed by atoms with van der Waals surface area (Å²) in [6.07, 6.45) is 0. The normalized spacial score (nSPS) is 10.2. The topological polar surface area (TPSA) is 127 Å². The van der Waals surface area contributed by atoms with E-state index < -0.39 is 5.91 Å². The zero-order valence-corrected chi connectivity index (χ0v) is 8.71. The first-order valence-corrected chi connectivity index (χ1v) is 5.07. The van der Waals surface area contributed by atoms with Crippen molar-refractivity contribution < 1.29 is 9.42 Å². The smallest absolute Gasteiger partial charge is 0.304 e. The molecule has 2 aromatic heterocycles. The number of nitrogens with one attached hydrogen (secondary N) is 2. The highest BCUT2D eigenvalue weighted by molar-refractivity contribution is 7.07. The van der Waals surface area contributed by atoms with Crippen LogP contribution in [0.2, 0.25) is 0 Å². The minimum atomic E-state index is -0.509. The Morgan fingerprint density at radius 3 is 3.00 bits per heavy atom. The largest absolute Gasteiger partial charge is 0.379 e. The lowest BCUT2D eigenvalue weighted by Crippen LogP contribution is -2.24. The van der Waals surface area contributed by atoms with Gasteiger partial charge in [0.25, 0.3) is 5.91 Å². The number of thiazole rings is 1. The fourth-order valence-electron chi connectivity index (χ4n) is 1.01. The Morgan fingerprint density at radius 2 is 2.44 bits per heavy atom. The molecule has 0 bridgehead atoms. The molecule has 2 heterocycles. The summed E-state index contributed by atoms with van der Waals surface area (Å²) in [5.74, 6) is -0.581. The van der Waals surface area contributed by atoms with Crippen molar-refractivity contribution in [1.82, 2.24) is 20.6 Å². The number of nitrogens with zero attached hydrogens (tertiary/aromatic N) is 2. The summed E-state index contributed by atoms with van der Waals surface area (Å²) >= 11 is 1.02. The molecule has 0 aliphatic rings. The summed E-state index contributed by atoms with van der Waals surface area (Å²) in [5, 5.41) is 10.7. The summed E-state index contributed by atoms with van der Waals surface area (Å²) in [4.78, 5) is 24.6. The minimum Gasteiger partial charge on any atom is -0.379 e. The Kier molecular flexibility index (Phi) is 2.68. The van der Waals surface area contributed by atoms with Crippen LogP contribution in [0.5, 0.6) is 0 Å². The number of aromatic nitrogens is 3. The predicted molar refractivity (Wildman–Crippen MR) is 54.8 cm³/mol. The third kappa shape index (κ3) is 2.08. The van der Waals surface area contributed by atoms with Gasteiger partial charge in [-0.15, -0.1) is 0 Å². The Labute approximate surface area is 92.4 Å². The number of rotatable bonds is 3. The first-order valence-electron chi connectivity index (χ1n) is 4.19. The Balaban J connectivity index is 1.99. The van der Waals surface area contributed by atoms with Gasteiger partial charge in [0.2, 0.25) is 11.5 Å². The van der Waals surface area contributed by atoms with Crippen LogP contribution in [0.1, 0.15) is 16.2 Å². The second-order valence-electron chi connectivity index (χ2n) is 2.85. The molecule has 0 unspecified atom stereocenters. The van der Waals surface area contributed by atoms with Crippen molar-refractivity contribution in [3.05, 3.63) is 26.4 Å². The van der Waals surface area contributed by atoms with Crippen LogP contribution in [-0.4, -0.2) is 21.2 Å². The molecule has 9 heteroatoms. The van der Waals surface area contributed by atoms with E-state index in [1.807, 2.05) is 0 Å². The highest BCUT2D eigenvalue weighted by Crippen LogP contribution is 2.03. The summed E-state index contributed by atoms with van der Waals surface area (Å²) < 4.78 is 4.28. The van der Waals surface area contributed by atoms with Crippen LogP contribution in [0.4, 0.5) is 5.82 Å². The van der Waals surface area contributed by atoms with Crippen molar-refractivity contribution in [2.24, 2.45) is 0 Å². The van der Waals surface area contributed by atoms with Crippen molar-refractivity contribution in [3.63, 3.8) is 0 Å². The van der Waals surface area contributed by atoms with Gasteiger partial charge in [-0.05, 0) is 10.3 Å². The molecule has 4 N–H and O–H groups in total. The molecule has 8 nitrogen and oxygen atoms in total. The number of hydrogen-bond acceptors (Lipinski definition) is 7. The number of amides is 1. The number of aromatic amines is 1. The molecule has 0 spiro atoms. The minimum absolute atomic E-state index is 0.0717. The van der Waals surface area contributed by atoms with Gasteiger partial charge < -0.3 is 16.0 Å². The van der Waals surface area contributed by atoms with Crippen LogP contribution in [0.25, 0.3) is 0 Å². The molecule has 0 fully saturated rings. The van der Waals surface area contributed by atoms with Gasteiger partial charge in [0, 0.05) is 11.1 Å². The van der Waals surface area contributed by atoms with E-state index in [0.717, 1.165) is 11.3 Å². The van der Waals surface area contributed by atoms with E-state index >= 15 is 0 Å². The zero-order valence-electron chi connectivity index (χ0n) is 7.89. The van der Waals surface area contributed by atoms with Crippen molar-refractivity contribution >= 4 is 23.1 Å². The van der Waals surface area contributed by atoms with Crippen LogP contribution in [0, 0.1) is 0 Å². The molecule has 0 aliphatic carbocycles. The maximum absolute atomic E-state index is 11.5. The fourth-order valence-corrected chi connectivity index (χ4v) is 1.59. The molecular weight excluding hydrogens is 234 g/mol. The monoisotopic (exact) mass is 241 g/mol. The third-order valence-corrected chi connectivity index (χ3v) is 2.46. The Morgan fingerprint density at radius 1 is 1.62 bits per heavy atom. The molecule has 1 amide bonds. The van der Waals surface area contributed by atoms with E-state index in [1.54, 1.807) is 5.38 Å². The first-order chi connectivity index (χ1) is 7.66. The number of anilines is 1. The van der Waals surface area contributed by atoms with E-state index in [-0.39, 0.29) is 22.9 Å². The van der Waals surface area contributed by atoms with Crippen LogP contribution in [0.15, 0.2) is 14.8 Å². The molecule has 0 aromatic carbocycles. The standard InChI is InChI=1S/C7H7N5O3S/c8-5-4(11-15-12-5)6(13)9-1-3-2-16-7(14)10-3/h2H,1H2,(H2,8,12)(H,9,13)(H,10,14). The Bertz CT molecular complexity index is 556. The van der Waals surface area contributed by atoms with Crippen molar-refractivity contribution in [1.29, 1.82) is 0 Å².